The summed E-state index contributed by atoms with van der Waals surface area (Å²) in [5.41, 5.74) is 2.77. The predicted molar refractivity (Wildman–Crippen MR) is 124 cm³/mol. The fraction of sp³-hybridized carbons (Fsp3) is 0.538. The average Bonchev–Trinajstić information content (AvgIpc) is 2.66. The molecular weight excluding hydrogens is 312 g/mol. The van der Waals surface area contributed by atoms with E-state index in [-0.39, 0.29) is 0 Å². The lowest BCUT2D eigenvalue weighted by Crippen LogP contribution is -1.78. The zero-order valence-corrected chi connectivity index (χ0v) is 19.0. The summed E-state index contributed by atoms with van der Waals surface area (Å²) in [4.78, 5) is 0. The second-order valence-electron chi connectivity index (χ2n) is 6.30. The molecule has 0 aromatic heterocycles. The molecule has 2 rings (SSSR count). The normalized spacial score (nSPS) is 8.15. The van der Waals surface area contributed by atoms with Gasteiger partial charge >= 0.3 is 0 Å². The van der Waals surface area contributed by atoms with E-state index >= 15 is 0 Å². The average molecular weight is 359 g/mol. The molecule has 0 heterocycles. The first-order valence-corrected chi connectivity index (χ1v) is 10.6. The van der Waals surface area contributed by atoms with Gasteiger partial charge in [0, 0.05) is 0 Å². The Morgan fingerprint density at radius 3 is 1.08 bits per heavy atom. The highest BCUT2D eigenvalue weighted by Gasteiger charge is 1.84. The Balaban J connectivity index is -0.000000278. The second-order valence-corrected chi connectivity index (χ2v) is 6.30. The Morgan fingerprint density at radius 2 is 0.846 bits per heavy atom. The molecule has 0 saturated carbocycles. The second kappa shape index (κ2) is 28.3. The molecule has 150 valence electrons. The summed E-state index contributed by atoms with van der Waals surface area (Å²) in [5, 5.41) is 0. The predicted octanol–water partition coefficient (Wildman–Crippen LogP) is 9.27. The number of benzene rings is 2. The minimum Gasteiger partial charge on any atom is -0.0656 e. The summed E-state index contributed by atoms with van der Waals surface area (Å²) in [6.07, 6.45) is 7.59. The molecule has 0 amide bonds. The van der Waals surface area contributed by atoms with Gasteiger partial charge in [0.05, 0.1) is 0 Å². The van der Waals surface area contributed by atoms with E-state index in [0.717, 1.165) is 0 Å². The molecule has 0 aliphatic carbocycles. The number of hydrogen-bond acceptors (Lipinski definition) is 0. The maximum atomic E-state index is 2.20. The number of rotatable bonds is 3. The van der Waals surface area contributed by atoms with Crippen molar-refractivity contribution in [2.24, 2.45) is 0 Å². The van der Waals surface area contributed by atoms with Crippen molar-refractivity contribution in [2.45, 2.75) is 93.9 Å². The molecule has 0 atom stereocenters. The van der Waals surface area contributed by atoms with Gasteiger partial charge in [-0.25, -0.2) is 0 Å². The summed E-state index contributed by atoms with van der Waals surface area (Å²) in [6, 6.07) is 20.8. The van der Waals surface area contributed by atoms with Crippen LogP contribution in [-0.4, -0.2) is 0 Å². The monoisotopic (exact) mass is 358 g/mol. The number of aryl methyl sites for hydroxylation is 2. The Bertz CT molecular complexity index is 412. The quantitative estimate of drug-likeness (QED) is 0.512. The van der Waals surface area contributed by atoms with Crippen LogP contribution in [0.3, 0.4) is 0 Å². The van der Waals surface area contributed by atoms with Crippen LogP contribution in [0.15, 0.2) is 60.7 Å². The lowest BCUT2D eigenvalue weighted by Gasteiger charge is -1.93. The zero-order chi connectivity index (χ0) is 20.5. The van der Waals surface area contributed by atoms with Crippen molar-refractivity contribution in [3.63, 3.8) is 0 Å². The molecule has 0 heteroatoms. The molecule has 0 radical (unpaired) electrons. The van der Waals surface area contributed by atoms with Gasteiger partial charge in [0.25, 0.3) is 0 Å². The van der Waals surface area contributed by atoms with Crippen LogP contribution in [0.5, 0.6) is 0 Å². The molecule has 0 nitrogen and oxygen atoms in total. The highest BCUT2D eigenvalue weighted by Crippen LogP contribution is 2.00. The van der Waals surface area contributed by atoms with E-state index in [4.69, 9.17) is 0 Å². The first kappa shape index (κ1) is 29.2. The molecule has 0 aliphatic heterocycles. The van der Waals surface area contributed by atoms with E-state index in [0.29, 0.717) is 0 Å². The third kappa shape index (κ3) is 30.3. The van der Waals surface area contributed by atoms with Gasteiger partial charge in [-0.05, 0) is 18.9 Å². The van der Waals surface area contributed by atoms with Gasteiger partial charge in [-0.1, -0.05) is 147 Å². The molecule has 0 spiro atoms. The topological polar surface area (TPSA) is 0 Å². The third-order valence-electron chi connectivity index (χ3n) is 2.82. The van der Waals surface area contributed by atoms with Crippen molar-refractivity contribution in [1.82, 2.24) is 0 Å². The van der Waals surface area contributed by atoms with Gasteiger partial charge in [0.1, 0.15) is 0 Å². The Morgan fingerprint density at radius 1 is 0.500 bits per heavy atom. The summed E-state index contributed by atoms with van der Waals surface area (Å²) >= 11 is 0. The lowest BCUT2D eigenvalue weighted by molar-refractivity contribution is 0.886. The van der Waals surface area contributed by atoms with E-state index in [1.165, 1.54) is 49.7 Å². The van der Waals surface area contributed by atoms with Gasteiger partial charge in [-0.2, -0.15) is 0 Å². The van der Waals surface area contributed by atoms with Gasteiger partial charge in [-0.3, -0.25) is 0 Å². The van der Waals surface area contributed by atoms with Crippen molar-refractivity contribution in [3.05, 3.63) is 71.8 Å². The van der Waals surface area contributed by atoms with E-state index in [1.807, 2.05) is 18.2 Å². The minimum absolute atomic E-state index is 1.21. The fourth-order valence-electron chi connectivity index (χ4n) is 1.47. The summed E-state index contributed by atoms with van der Waals surface area (Å²) < 4.78 is 0. The molecule has 2 aromatic carbocycles. The van der Waals surface area contributed by atoms with Crippen LogP contribution in [0, 0.1) is 6.92 Å². The van der Waals surface area contributed by atoms with E-state index < -0.39 is 0 Å². The van der Waals surface area contributed by atoms with E-state index in [2.05, 4.69) is 97.9 Å². The number of unbranched alkanes of at least 4 members (excludes halogenated alkanes) is 1. The molecule has 0 unspecified atom stereocenters. The van der Waals surface area contributed by atoms with Gasteiger partial charge in [0.15, 0.2) is 0 Å². The maximum Gasteiger partial charge on any atom is -0.0281 e. The standard InChI is InChI=1S/C9H12.C7H8.C4H10.2C3H8/c1-2-6-9-7-4-3-5-8-9;1-7-5-3-2-4-6-7;1-3-4-2;2*1-3-2/h3-5,7-8H,2,6H2,1H3;2-6H,1H3;3-4H2,1-2H3;2*3H2,1-2H3. The maximum absolute atomic E-state index is 2.20. The summed E-state index contributed by atoms with van der Waals surface area (Å²) in [7, 11) is 0. The largest absolute Gasteiger partial charge is 0.0656 e. The first-order chi connectivity index (χ1) is 12.6. The van der Waals surface area contributed by atoms with Crippen molar-refractivity contribution >= 4 is 0 Å². The van der Waals surface area contributed by atoms with Crippen LogP contribution in [-0.2, 0) is 6.42 Å². The van der Waals surface area contributed by atoms with Crippen LogP contribution in [0.1, 0.15) is 91.7 Å². The highest BCUT2D eigenvalue weighted by atomic mass is 13.9. The van der Waals surface area contributed by atoms with E-state index in [1.54, 1.807) is 0 Å². The van der Waals surface area contributed by atoms with Crippen molar-refractivity contribution in [2.75, 3.05) is 0 Å². The number of hydrogen-bond donors (Lipinski definition) is 0. The van der Waals surface area contributed by atoms with Crippen LogP contribution in [0.2, 0.25) is 0 Å². The van der Waals surface area contributed by atoms with Gasteiger partial charge < -0.3 is 0 Å². The molecule has 0 saturated heterocycles. The Kier molecular flexibility index (Phi) is 31.7. The molecule has 0 bridgehead atoms. The highest BCUT2D eigenvalue weighted by molar-refractivity contribution is 5.14. The fourth-order valence-corrected chi connectivity index (χ4v) is 1.47. The Labute approximate surface area is 166 Å². The van der Waals surface area contributed by atoms with Crippen LogP contribution < -0.4 is 0 Å². The van der Waals surface area contributed by atoms with Crippen LogP contribution in [0.4, 0.5) is 0 Å². The SMILES string of the molecule is CCC.CCC.CCCC.CCCc1ccccc1.Cc1ccccc1. The molecule has 26 heavy (non-hydrogen) atoms. The summed E-state index contributed by atoms with van der Waals surface area (Å²) in [5.74, 6) is 0. The molecular formula is C26H46. The lowest BCUT2D eigenvalue weighted by atomic mass is 10.1. The smallest absolute Gasteiger partial charge is 0.0281 e. The first-order valence-electron chi connectivity index (χ1n) is 10.6. The van der Waals surface area contributed by atoms with Crippen molar-refractivity contribution in [3.8, 4) is 0 Å². The minimum atomic E-state index is 1.21. The van der Waals surface area contributed by atoms with Crippen LogP contribution in [0.25, 0.3) is 0 Å². The summed E-state index contributed by atoms with van der Waals surface area (Å²) in [6.45, 7) is 17.1. The third-order valence-corrected chi connectivity index (χ3v) is 2.82. The van der Waals surface area contributed by atoms with Gasteiger partial charge in [0.2, 0.25) is 0 Å². The van der Waals surface area contributed by atoms with Crippen molar-refractivity contribution in [1.29, 1.82) is 0 Å². The Hall–Kier alpha value is -1.56. The molecule has 2 aromatic rings. The zero-order valence-electron chi connectivity index (χ0n) is 19.0. The van der Waals surface area contributed by atoms with E-state index in [9.17, 15) is 0 Å². The van der Waals surface area contributed by atoms with Gasteiger partial charge in [-0.15, -0.1) is 0 Å². The van der Waals surface area contributed by atoms with Crippen LogP contribution >= 0.6 is 0 Å². The molecule has 0 aliphatic rings. The van der Waals surface area contributed by atoms with Crippen molar-refractivity contribution < 1.29 is 0 Å². The molecule has 0 N–H and O–H groups in total. The molecule has 0 fully saturated rings.